The van der Waals surface area contributed by atoms with Crippen LogP contribution in [0.1, 0.15) is 75.2 Å². The molecule has 3 heterocycles. The van der Waals surface area contributed by atoms with Crippen LogP contribution in [0, 0.1) is 0 Å². The Morgan fingerprint density at radius 3 is 1.84 bits per heavy atom. The molecular formula is C32H28BrClF3N11O2. The second-order valence-corrected chi connectivity index (χ2v) is 12.9. The summed E-state index contributed by atoms with van der Waals surface area (Å²) in [6.07, 6.45) is 3.34. The van der Waals surface area contributed by atoms with E-state index >= 15 is 0 Å². The smallest absolute Gasteiger partial charge is 0.370 e. The van der Waals surface area contributed by atoms with Gasteiger partial charge in [-0.05, 0) is 84.1 Å². The molecule has 13 nitrogen and oxygen atoms in total. The summed E-state index contributed by atoms with van der Waals surface area (Å²) in [5.41, 5.74) is 23.4. The fraction of sp³-hybridized carbons (Fsp3) is 0.219. The quantitative estimate of drug-likeness (QED) is 0.130. The van der Waals surface area contributed by atoms with E-state index in [1.807, 2.05) is 28.9 Å². The predicted molar refractivity (Wildman–Crippen MR) is 184 cm³/mol. The van der Waals surface area contributed by atoms with E-state index in [1.54, 1.807) is 6.20 Å². The van der Waals surface area contributed by atoms with Gasteiger partial charge in [-0.15, -0.1) is 0 Å². The second kappa shape index (κ2) is 13.5. The highest BCUT2D eigenvalue weighted by molar-refractivity contribution is 9.10. The highest BCUT2D eigenvalue weighted by Crippen LogP contribution is 2.45. The fourth-order valence-electron chi connectivity index (χ4n) is 5.51. The van der Waals surface area contributed by atoms with Gasteiger partial charge in [0.1, 0.15) is 0 Å². The number of alkyl halides is 3. The Morgan fingerprint density at radius 2 is 1.34 bits per heavy atom. The average Bonchev–Trinajstić information content (AvgIpc) is 3.99. The molecule has 18 heteroatoms. The number of carbonyl (C=O) groups excluding carboxylic acids is 2. The van der Waals surface area contributed by atoms with Crippen molar-refractivity contribution in [3.8, 4) is 11.4 Å². The maximum atomic E-state index is 13.4. The molecule has 2 saturated carbocycles. The van der Waals surface area contributed by atoms with Gasteiger partial charge in [-0.2, -0.15) is 33.4 Å². The first-order valence-electron chi connectivity index (χ1n) is 15.1. The number of hydrogen-bond donors (Lipinski definition) is 4. The third-order valence-corrected chi connectivity index (χ3v) is 8.76. The van der Waals surface area contributed by atoms with Crippen molar-refractivity contribution in [1.82, 2.24) is 24.5 Å². The Kier molecular flexibility index (Phi) is 9.37. The number of nitrogens with zero attached hydrogens (tertiary/aromatic N) is 7. The molecule has 258 valence electrons. The van der Waals surface area contributed by atoms with Crippen LogP contribution >= 0.6 is 27.5 Å². The number of benzene rings is 2. The standard InChI is InChI=1S/C17H15BrN6O.C15H13ClF3N5O/c18-12-5-6-13(10-2-1-7-21-14(10)12)24-15(9-3-4-9)11(8-22-24)16(25)23-17(19)20;16-8-3-4-11(10(5-8)15(17,18)19)24-12(7-1-2-7)9(6-22-24)13(25)23-14(20)21/h1-2,5-9H,3-4H2,(H4,19,20,23,25);3-7H,1-2H2,(H4,20,21,23,25). The number of aliphatic imine (C=N–C) groups is 2. The Morgan fingerprint density at radius 1 is 0.820 bits per heavy atom. The number of guanidine groups is 2. The monoisotopic (exact) mass is 769 g/mol. The van der Waals surface area contributed by atoms with E-state index in [4.69, 9.17) is 34.5 Å². The number of halogens is 5. The van der Waals surface area contributed by atoms with Crippen LogP contribution in [0.25, 0.3) is 22.3 Å². The van der Waals surface area contributed by atoms with Gasteiger partial charge < -0.3 is 22.9 Å². The molecule has 0 saturated heterocycles. The number of fused-ring (bicyclic) bond motifs is 1. The molecule has 0 radical (unpaired) electrons. The van der Waals surface area contributed by atoms with E-state index in [-0.39, 0.29) is 34.1 Å². The molecule has 8 N–H and O–H groups in total. The largest absolute Gasteiger partial charge is 0.418 e. The van der Waals surface area contributed by atoms with Crippen LogP contribution in [0.2, 0.25) is 5.02 Å². The van der Waals surface area contributed by atoms with Crippen molar-refractivity contribution in [3.05, 3.63) is 98.6 Å². The van der Waals surface area contributed by atoms with E-state index in [0.29, 0.717) is 11.3 Å². The van der Waals surface area contributed by atoms with E-state index < -0.39 is 29.5 Å². The number of aromatic nitrogens is 5. The van der Waals surface area contributed by atoms with Gasteiger partial charge >= 0.3 is 6.18 Å². The van der Waals surface area contributed by atoms with Crippen molar-refractivity contribution in [2.24, 2.45) is 32.9 Å². The maximum absolute atomic E-state index is 13.4. The number of amides is 2. The zero-order valence-electron chi connectivity index (χ0n) is 25.9. The number of hydrogen-bond acceptors (Lipinski definition) is 5. The first-order chi connectivity index (χ1) is 23.7. The van der Waals surface area contributed by atoms with Gasteiger partial charge in [-0.3, -0.25) is 14.6 Å². The molecule has 50 heavy (non-hydrogen) atoms. The number of nitrogens with two attached hydrogens (primary N) is 4. The molecule has 7 rings (SSSR count). The lowest BCUT2D eigenvalue weighted by Gasteiger charge is -2.15. The molecule has 0 aliphatic heterocycles. The van der Waals surface area contributed by atoms with Crippen LogP contribution in [0.3, 0.4) is 0 Å². The van der Waals surface area contributed by atoms with Crippen molar-refractivity contribution >= 4 is 62.2 Å². The van der Waals surface area contributed by atoms with Crippen LogP contribution in [-0.4, -0.2) is 48.3 Å². The Balaban J connectivity index is 0.000000173. The summed E-state index contributed by atoms with van der Waals surface area (Å²) in [5.74, 6) is -1.68. The number of rotatable bonds is 6. The van der Waals surface area contributed by atoms with Crippen molar-refractivity contribution in [2.75, 3.05) is 0 Å². The minimum Gasteiger partial charge on any atom is -0.370 e. The van der Waals surface area contributed by atoms with Crippen molar-refractivity contribution in [3.63, 3.8) is 0 Å². The second-order valence-electron chi connectivity index (χ2n) is 11.6. The summed E-state index contributed by atoms with van der Waals surface area (Å²) in [5, 5.41) is 9.34. The van der Waals surface area contributed by atoms with E-state index in [1.165, 1.54) is 24.5 Å². The van der Waals surface area contributed by atoms with Gasteiger partial charge in [-0.1, -0.05) is 11.6 Å². The van der Waals surface area contributed by atoms with Crippen molar-refractivity contribution < 1.29 is 22.8 Å². The van der Waals surface area contributed by atoms with Gasteiger partial charge in [0, 0.05) is 32.9 Å². The molecule has 2 aromatic carbocycles. The van der Waals surface area contributed by atoms with Gasteiger partial charge in [0.25, 0.3) is 11.8 Å². The van der Waals surface area contributed by atoms with Gasteiger partial charge in [0.2, 0.25) is 0 Å². The summed E-state index contributed by atoms with van der Waals surface area (Å²) >= 11 is 9.24. The summed E-state index contributed by atoms with van der Waals surface area (Å²) in [7, 11) is 0. The molecule has 0 spiro atoms. The van der Waals surface area contributed by atoms with Crippen LogP contribution < -0.4 is 22.9 Å². The third kappa shape index (κ3) is 7.18. The normalized spacial score (nSPS) is 14.1. The summed E-state index contributed by atoms with van der Waals surface area (Å²) < 4.78 is 44.0. The minimum absolute atomic E-state index is 0.0481. The zero-order chi connectivity index (χ0) is 35.9. The zero-order valence-corrected chi connectivity index (χ0v) is 28.2. The molecule has 2 aliphatic rings. The highest BCUT2D eigenvalue weighted by Gasteiger charge is 2.38. The lowest BCUT2D eigenvalue weighted by atomic mass is 10.1. The minimum atomic E-state index is -4.63. The topological polar surface area (TPSA) is 211 Å². The molecule has 5 aromatic rings. The molecular weight excluding hydrogens is 743 g/mol. The van der Waals surface area contributed by atoms with E-state index in [0.717, 1.165) is 63.2 Å². The van der Waals surface area contributed by atoms with Gasteiger partial charge in [-0.25, -0.2) is 9.36 Å². The van der Waals surface area contributed by atoms with E-state index in [9.17, 15) is 22.8 Å². The molecule has 3 aromatic heterocycles. The molecule has 2 fully saturated rings. The number of pyridine rings is 1. The Hall–Kier alpha value is -5.29. The lowest BCUT2D eigenvalue weighted by Crippen LogP contribution is -2.24. The molecule has 0 atom stereocenters. The van der Waals surface area contributed by atoms with Crippen LogP contribution in [-0.2, 0) is 6.18 Å². The van der Waals surface area contributed by atoms with Gasteiger partial charge in [0.05, 0.1) is 57.4 Å². The van der Waals surface area contributed by atoms with Crippen LogP contribution in [0.4, 0.5) is 13.2 Å². The molecule has 2 amide bonds. The van der Waals surface area contributed by atoms with Gasteiger partial charge in [0.15, 0.2) is 11.9 Å². The Labute approximate surface area is 295 Å². The first kappa shape index (κ1) is 34.6. The highest BCUT2D eigenvalue weighted by atomic mass is 79.9. The third-order valence-electron chi connectivity index (χ3n) is 7.88. The van der Waals surface area contributed by atoms with Crippen molar-refractivity contribution in [1.29, 1.82) is 0 Å². The summed E-state index contributed by atoms with van der Waals surface area (Å²) in [6, 6.07) is 11.1. The molecule has 2 aliphatic carbocycles. The number of carbonyl (C=O) groups is 2. The SMILES string of the molecule is NC(N)=NC(=O)c1cnn(-c2ccc(Br)c3ncccc23)c1C1CC1.NC(N)=NC(=O)c1cnn(-c2ccc(Cl)cc2C(F)(F)F)c1C1CC1. The first-order valence-corrected chi connectivity index (χ1v) is 16.3. The Bertz CT molecular complexity index is 2200. The predicted octanol–water partition coefficient (Wildman–Crippen LogP) is 5.31. The maximum Gasteiger partial charge on any atom is 0.418 e. The lowest BCUT2D eigenvalue weighted by molar-refractivity contribution is -0.137. The average molecular weight is 771 g/mol. The molecule has 0 unspecified atom stereocenters. The van der Waals surface area contributed by atoms with E-state index in [2.05, 4.69) is 41.1 Å². The van der Waals surface area contributed by atoms with Crippen molar-refractivity contribution in [2.45, 2.75) is 43.7 Å². The summed E-state index contributed by atoms with van der Waals surface area (Å²) in [6.45, 7) is 0. The van der Waals surface area contributed by atoms with Crippen LogP contribution in [0.5, 0.6) is 0 Å². The fourth-order valence-corrected chi connectivity index (χ4v) is 6.13. The van der Waals surface area contributed by atoms with Crippen LogP contribution in [0.15, 0.2) is 75.5 Å². The molecule has 0 bridgehead atoms. The summed E-state index contributed by atoms with van der Waals surface area (Å²) in [4.78, 5) is 36.0.